The van der Waals surface area contributed by atoms with E-state index in [4.69, 9.17) is 4.42 Å². The smallest absolute Gasteiger partial charge is 0.287 e. The van der Waals surface area contributed by atoms with E-state index in [-0.39, 0.29) is 29.5 Å². The average molecular weight is 447 g/mol. The van der Waals surface area contributed by atoms with Crippen molar-refractivity contribution in [3.63, 3.8) is 0 Å². The van der Waals surface area contributed by atoms with Gasteiger partial charge < -0.3 is 20.0 Å². The number of furan rings is 1. The summed E-state index contributed by atoms with van der Waals surface area (Å²) in [6.07, 6.45) is 1.08. The number of amides is 3. The van der Waals surface area contributed by atoms with E-state index in [1.54, 1.807) is 37.8 Å². The zero-order valence-corrected chi connectivity index (χ0v) is 18.3. The van der Waals surface area contributed by atoms with Gasteiger partial charge in [0.1, 0.15) is 29.0 Å². The third-order valence-electron chi connectivity index (χ3n) is 5.52. The molecule has 1 aliphatic rings. The molecule has 2 N–H and O–H groups in total. The molecule has 0 spiro atoms. The first kappa shape index (κ1) is 23.4. The number of aryl methyl sites for hydroxylation is 1. The second-order valence-electron chi connectivity index (χ2n) is 8.28. The van der Waals surface area contributed by atoms with Crippen LogP contribution in [0.1, 0.15) is 53.4 Å². The first-order valence-corrected chi connectivity index (χ1v) is 10.6. The number of rotatable bonds is 6. The minimum Gasteiger partial charge on any atom is -0.456 e. The zero-order valence-electron chi connectivity index (χ0n) is 18.3. The average Bonchev–Trinajstić information content (AvgIpc) is 3.18. The first-order chi connectivity index (χ1) is 15.2. The minimum absolute atomic E-state index is 0.114. The predicted octanol–water partition coefficient (Wildman–Crippen LogP) is 3.04. The molecule has 3 amide bonds. The van der Waals surface area contributed by atoms with E-state index in [0.717, 1.165) is 12.1 Å². The molecule has 1 saturated heterocycles. The fourth-order valence-corrected chi connectivity index (χ4v) is 3.70. The van der Waals surface area contributed by atoms with Gasteiger partial charge >= 0.3 is 0 Å². The number of nitrogens with one attached hydrogen (secondary N) is 2. The van der Waals surface area contributed by atoms with Crippen molar-refractivity contribution in [1.29, 1.82) is 0 Å². The maximum atomic E-state index is 13.9. The summed E-state index contributed by atoms with van der Waals surface area (Å²) in [6, 6.07) is 5.43. The highest BCUT2D eigenvalue weighted by Crippen LogP contribution is 2.17. The SMILES string of the molecule is Cc1ccc(C(=O)NC2CCN(C(=O)C(NC(=O)c3c(F)cccc3F)C(C)C)CC2)o1. The van der Waals surface area contributed by atoms with Crippen LogP contribution in [0.25, 0.3) is 0 Å². The van der Waals surface area contributed by atoms with Crippen molar-refractivity contribution < 1.29 is 27.6 Å². The quantitative estimate of drug-likeness (QED) is 0.712. The predicted molar refractivity (Wildman–Crippen MR) is 113 cm³/mol. The molecule has 1 fully saturated rings. The van der Waals surface area contributed by atoms with Crippen LogP contribution in [0.5, 0.6) is 0 Å². The lowest BCUT2D eigenvalue weighted by atomic mass is 9.99. The normalized spacial score (nSPS) is 15.5. The summed E-state index contributed by atoms with van der Waals surface area (Å²) < 4.78 is 33.2. The number of hydrogen-bond donors (Lipinski definition) is 2. The third-order valence-corrected chi connectivity index (χ3v) is 5.52. The molecule has 1 aliphatic heterocycles. The highest BCUT2D eigenvalue weighted by molar-refractivity contribution is 5.98. The molecule has 0 aliphatic carbocycles. The number of halogens is 2. The topological polar surface area (TPSA) is 91.7 Å². The molecule has 7 nitrogen and oxygen atoms in total. The molecule has 2 aromatic rings. The number of carbonyl (C=O) groups is 3. The maximum Gasteiger partial charge on any atom is 0.287 e. The van der Waals surface area contributed by atoms with E-state index in [1.807, 2.05) is 0 Å². The van der Waals surface area contributed by atoms with E-state index >= 15 is 0 Å². The Morgan fingerprint density at radius 2 is 1.66 bits per heavy atom. The van der Waals surface area contributed by atoms with Crippen molar-refractivity contribution in [3.8, 4) is 0 Å². The number of hydrogen-bond acceptors (Lipinski definition) is 4. The van der Waals surface area contributed by atoms with Gasteiger partial charge in [0.05, 0.1) is 0 Å². The Hall–Kier alpha value is -3.23. The highest BCUT2D eigenvalue weighted by atomic mass is 19.1. The van der Waals surface area contributed by atoms with Crippen LogP contribution in [-0.4, -0.2) is 47.8 Å². The van der Waals surface area contributed by atoms with Crippen LogP contribution in [0.15, 0.2) is 34.7 Å². The lowest BCUT2D eigenvalue weighted by molar-refractivity contribution is -0.135. The van der Waals surface area contributed by atoms with Crippen LogP contribution in [0.4, 0.5) is 8.78 Å². The van der Waals surface area contributed by atoms with Crippen LogP contribution in [0, 0.1) is 24.5 Å². The summed E-state index contributed by atoms with van der Waals surface area (Å²) in [6.45, 7) is 6.02. The van der Waals surface area contributed by atoms with Crippen LogP contribution >= 0.6 is 0 Å². The van der Waals surface area contributed by atoms with Gasteiger partial charge in [-0.25, -0.2) is 8.78 Å². The van der Waals surface area contributed by atoms with Gasteiger partial charge in [0.2, 0.25) is 5.91 Å². The monoisotopic (exact) mass is 447 g/mol. The summed E-state index contributed by atoms with van der Waals surface area (Å²) in [5, 5.41) is 5.39. The van der Waals surface area contributed by atoms with Gasteiger partial charge in [0.15, 0.2) is 5.76 Å². The van der Waals surface area contributed by atoms with E-state index in [2.05, 4.69) is 10.6 Å². The minimum atomic E-state index is -0.985. The zero-order chi connectivity index (χ0) is 23.4. The van der Waals surface area contributed by atoms with Gasteiger partial charge in [-0.1, -0.05) is 19.9 Å². The first-order valence-electron chi connectivity index (χ1n) is 10.6. The Morgan fingerprint density at radius 3 is 2.19 bits per heavy atom. The molecule has 0 saturated carbocycles. The summed E-state index contributed by atoms with van der Waals surface area (Å²) in [7, 11) is 0. The Morgan fingerprint density at radius 1 is 1.03 bits per heavy atom. The fourth-order valence-electron chi connectivity index (χ4n) is 3.70. The van der Waals surface area contributed by atoms with Crippen LogP contribution in [0.2, 0.25) is 0 Å². The van der Waals surface area contributed by atoms with E-state index in [9.17, 15) is 23.2 Å². The van der Waals surface area contributed by atoms with Gasteiger partial charge in [-0.2, -0.15) is 0 Å². The summed E-state index contributed by atoms with van der Waals surface area (Å²) in [5.74, 6) is -2.97. The summed E-state index contributed by atoms with van der Waals surface area (Å²) >= 11 is 0. The number of benzene rings is 1. The number of piperidine rings is 1. The molecule has 9 heteroatoms. The maximum absolute atomic E-state index is 13.9. The second kappa shape index (κ2) is 9.93. The molecule has 1 aromatic carbocycles. The standard InChI is InChI=1S/C23H27F2N3O4/c1-13(2)20(27-22(30)19-16(24)5-4-6-17(19)25)23(31)28-11-9-15(10-12-28)26-21(29)18-8-7-14(3)32-18/h4-8,13,15,20H,9-12H2,1-3H3,(H,26,29)(H,27,30). The molecule has 172 valence electrons. The molecular formula is C23H27F2N3O4. The van der Waals surface area contributed by atoms with Crippen LogP contribution in [-0.2, 0) is 4.79 Å². The number of nitrogens with zero attached hydrogens (tertiary/aromatic N) is 1. The van der Waals surface area contributed by atoms with Gasteiger partial charge in [0, 0.05) is 19.1 Å². The molecule has 0 bridgehead atoms. The lowest BCUT2D eigenvalue weighted by Crippen LogP contribution is -2.54. The Labute approximate surface area is 185 Å². The summed E-state index contributed by atoms with van der Waals surface area (Å²) in [4.78, 5) is 39.4. The Bertz CT molecular complexity index is 977. The van der Waals surface area contributed by atoms with Crippen LogP contribution < -0.4 is 10.6 Å². The molecule has 32 heavy (non-hydrogen) atoms. The van der Waals surface area contributed by atoms with E-state index in [0.29, 0.717) is 31.7 Å². The molecule has 1 aromatic heterocycles. The van der Waals surface area contributed by atoms with Gasteiger partial charge in [-0.05, 0) is 49.9 Å². The Kier molecular flexibility index (Phi) is 7.27. The second-order valence-corrected chi connectivity index (χ2v) is 8.28. The molecule has 2 heterocycles. The van der Waals surface area contributed by atoms with Crippen molar-refractivity contribution >= 4 is 17.7 Å². The molecule has 1 atom stereocenters. The summed E-state index contributed by atoms with van der Waals surface area (Å²) in [5.41, 5.74) is -0.708. The number of carbonyl (C=O) groups excluding carboxylic acids is 3. The van der Waals surface area contributed by atoms with E-state index < -0.39 is 29.1 Å². The van der Waals surface area contributed by atoms with Gasteiger partial charge in [-0.3, -0.25) is 14.4 Å². The number of likely N-dealkylation sites (tertiary alicyclic amines) is 1. The third kappa shape index (κ3) is 5.33. The fraction of sp³-hybridized carbons (Fsp3) is 0.435. The van der Waals surface area contributed by atoms with E-state index in [1.165, 1.54) is 6.07 Å². The lowest BCUT2D eigenvalue weighted by Gasteiger charge is -2.35. The van der Waals surface area contributed by atoms with Crippen molar-refractivity contribution in [1.82, 2.24) is 15.5 Å². The van der Waals surface area contributed by atoms with Crippen molar-refractivity contribution in [2.24, 2.45) is 5.92 Å². The Balaban J connectivity index is 1.59. The molecule has 3 rings (SSSR count). The van der Waals surface area contributed by atoms with Gasteiger partial charge in [0.25, 0.3) is 11.8 Å². The largest absolute Gasteiger partial charge is 0.456 e. The highest BCUT2D eigenvalue weighted by Gasteiger charge is 2.33. The van der Waals surface area contributed by atoms with Crippen molar-refractivity contribution in [3.05, 3.63) is 59.1 Å². The molecule has 1 unspecified atom stereocenters. The molecule has 0 radical (unpaired) electrons. The molecular weight excluding hydrogens is 420 g/mol. The van der Waals surface area contributed by atoms with Crippen molar-refractivity contribution in [2.45, 2.75) is 45.7 Å². The van der Waals surface area contributed by atoms with Crippen LogP contribution in [0.3, 0.4) is 0 Å². The van der Waals surface area contributed by atoms with Crippen molar-refractivity contribution in [2.75, 3.05) is 13.1 Å². The van der Waals surface area contributed by atoms with Gasteiger partial charge in [-0.15, -0.1) is 0 Å².